The molecular formula is C12H19NOS2. The van der Waals surface area contributed by atoms with E-state index >= 15 is 0 Å². The molecule has 0 fully saturated rings. The van der Waals surface area contributed by atoms with E-state index in [1.165, 1.54) is 6.42 Å². The standard InChI is InChI=1S/C9H11NOS2.C3H8/c1-8(11)5-7-12-13-9-4-2-3-6-10-9;1-3-2/h2-4,6H,5,7H2,1H3;3H2,1-2H3. The van der Waals surface area contributed by atoms with Crippen molar-refractivity contribution in [1.82, 2.24) is 4.98 Å². The predicted molar refractivity (Wildman–Crippen MR) is 73.8 cm³/mol. The first-order valence-corrected chi connectivity index (χ1v) is 7.72. The Morgan fingerprint density at radius 1 is 1.38 bits per heavy atom. The monoisotopic (exact) mass is 257 g/mol. The van der Waals surface area contributed by atoms with Crippen molar-refractivity contribution in [3.8, 4) is 0 Å². The molecule has 90 valence electrons. The molecule has 0 saturated carbocycles. The van der Waals surface area contributed by atoms with Gasteiger partial charge in [-0.3, -0.25) is 4.79 Å². The molecule has 0 saturated heterocycles. The van der Waals surface area contributed by atoms with Crippen molar-refractivity contribution in [2.75, 3.05) is 5.75 Å². The average Bonchev–Trinajstić information content (AvgIpc) is 2.27. The van der Waals surface area contributed by atoms with Crippen LogP contribution in [0.4, 0.5) is 0 Å². The molecule has 0 aliphatic heterocycles. The van der Waals surface area contributed by atoms with Gasteiger partial charge in [0.1, 0.15) is 10.8 Å². The van der Waals surface area contributed by atoms with Crippen LogP contribution < -0.4 is 0 Å². The summed E-state index contributed by atoms with van der Waals surface area (Å²) >= 11 is 0. The zero-order chi connectivity index (χ0) is 12.2. The van der Waals surface area contributed by atoms with Crippen LogP contribution in [0.15, 0.2) is 29.4 Å². The smallest absolute Gasteiger partial charge is 0.130 e. The van der Waals surface area contributed by atoms with Crippen LogP contribution in [0.1, 0.15) is 33.6 Å². The van der Waals surface area contributed by atoms with Crippen molar-refractivity contribution < 1.29 is 4.79 Å². The number of pyridine rings is 1. The third kappa shape index (κ3) is 10.1. The molecule has 0 aliphatic rings. The molecule has 0 amide bonds. The van der Waals surface area contributed by atoms with Gasteiger partial charge in [0.05, 0.1) is 0 Å². The molecule has 1 rings (SSSR count). The lowest BCUT2D eigenvalue weighted by molar-refractivity contribution is -0.116. The number of rotatable bonds is 5. The molecule has 0 aliphatic carbocycles. The lowest BCUT2D eigenvalue weighted by atomic mass is 10.4. The van der Waals surface area contributed by atoms with E-state index in [4.69, 9.17) is 0 Å². The van der Waals surface area contributed by atoms with Gasteiger partial charge in [0, 0.05) is 18.4 Å². The zero-order valence-corrected chi connectivity index (χ0v) is 11.7. The Kier molecular flexibility index (Phi) is 10.7. The van der Waals surface area contributed by atoms with Crippen LogP contribution in [-0.2, 0) is 4.79 Å². The Bertz CT molecular complexity index is 278. The van der Waals surface area contributed by atoms with Crippen LogP contribution in [0.3, 0.4) is 0 Å². The summed E-state index contributed by atoms with van der Waals surface area (Å²) in [5, 5.41) is 0.996. The molecule has 0 N–H and O–H groups in total. The fraction of sp³-hybridized carbons (Fsp3) is 0.500. The average molecular weight is 257 g/mol. The molecule has 0 spiro atoms. The van der Waals surface area contributed by atoms with Crippen molar-refractivity contribution >= 4 is 27.4 Å². The lowest BCUT2D eigenvalue weighted by Gasteiger charge is -1.97. The van der Waals surface area contributed by atoms with E-state index in [2.05, 4.69) is 18.8 Å². The Morgan fingerprint density at radius 2 is 2.06 bits per heavy atom. The van der Waals surface area contributed by atoms with Crippen LogP contribution >= 0.6 is 21.6 Å². The van der Waals surface area contributed by atoms with Gasteiger partial charge < -0.3 is 0 Å². The molecule has 1 aromatic heterocycles. The molecule has 1 heterocycles. The van der Waals surface area contributed by atoms with E-state index in [0.29, 0.717) is 6.42 Å². The third-order valence-electron chi connectivity index (χ3n) is 1.32. The molecular weight excluding hydrogens is 238 g/mol. The van der Waals surface area contributed by atoms with Crippen LogP contribution in [0.2, 0.25) is 0 Å². The summed E-state index contributed by atoms with van der Waals surface area (Å²) in [5.74, 6) is 1.10. The van der Waals surface area contributed by atoms with Gasteiger partial charge in [0.2, 0.25) is 0 Å². The molecule has 4 heteroatoms. The van der Waals surface area contributed by atoms with Crippen molar-refractivity contribution in [2.45, 2.75) is 38.6 Å². The number of Topliss-reactive ketones (excluding diaryl/α,β-unsaturated/α-hetero) is 1. The molecule has 2 nitrogen and oxygen atoms in total. The summed E-state index contributed by atoms with van der Waals surface area (Å²) in [5.41, 5.74) is 0. The van der Waals surface area contributed by atoms with Gasteiger partial charge in [0.25, 0.3) is 0 Å². The predicted octanol–water partition coefficient (Wildman–Crippen LogP) is 4.22. The van der Waals surface area contributed by atoms with Gasteiger partial charge in [-0.15, -0.1) is 0 Å². The summed E-state index contributed by atoms with van der Waals surface area (Å²) in [7, 11) is 3.28. The summed E-state index contributed by atoms with van der Waals surface area (Å²) in [4.78, 5) is 14.8. The zero-order valence-electron chi connectivity index (χ0n) is 10.1. The topological polar surface area (TPSA) is 30.0 Å². The largest absolute Gasteiger partial charge is 0.300 e. The molecule has 0 unspecified atom stereocenters. The Labute approximate surface area is 106 Å². The first-order valence-electron chi connectivity index (χ1n) is 5.40. The van der Waals surface area contributed by atoms with E-state index in [1.807, 2.05) is 18.2 Å². The van der Waals surface area contributed by atoms with Crippen molar-refractivity contribution in [1.29, 1.82) is 0 Å². The molecule has 0 atom stereocenters. The van der Waals surface area contributed by atoms with E-state index in [0.717, 1.165) is 10.8 Å². The van der Waals surface area contributed by atoms with Crippen molar-refractivity contribution in [3.05, 3.63) is 24.4 Å². The fourth-order valence-electron chi connectivity index (χ4n) is 0.684. The van der Waals surface area contributed by atoms with Crippen LogP contribution in [0.5, 0.6) is 0 Å². The van der Waals surface area contributed by atoms with Gasteiger partial charge in [-0.2, -0.15) is 0 Å². The third-order valence-corrected chi connectivity index (χ3v) is 3.59. The molecule has 0 aromatic carbocycles. The summed E-state index contributed by atoms with van der Waals surface area (Å²) in [6.07, 6.45) is 3.67. The number of hydrogen-bond donors (Lipinski definition) is 0. The highest BCUT2D eigenvalue weighted by Gasteiger charge is 1.96. The van der Waals surface area contributed by atoms with E-state index in [-0.39, 0.29) is 5.78 Å². The maximum atomic E-state index is 10.6. The number of ketones is 1. The second kappa shape index (κ2) is 11.0. The minimum Gasteiger partial charge on any atom is -0.300 e. The Balaban J connectivity index is 0.000000673. The highest BCUT2D eigenvalue weighted by molar-refractivity contribution is 8.76. The number of hydrogen-bond acceptors (Lipinski definition) is 4. The van der Waals surface area contributed by atoms with Crippen LogP contribution in [0, 0.1) is 0 Å². The minimum absolute atomic E-state index is 0.245. The molecule has 0 radical (unpaired) electrons. The van der Waals surface area contributed by atoms with Crippen LogP contribution in [0.25, 0.3) is 0 Å². The van der Waals surface area contributed by atoms with Gasteiger partial charge in [-0.05, 0) is 29.9 Å². The van der Waals surface area contributed by atoms with E-state index in [9.17, 15) is 4.79 Å². The lowest BCUT2D eigenvalue weighted by Crippen LogP contribution is -1.90. The highest BCUT2D eigenvalue weighted by Crippen LogP contribution is 2.29. The SMILES string of the molecule is CC(=O)CCSSc1ccccn1.CCC. The summed E-state index contributed by atoms with van der Waals surface area (Å²) in [6.45, 7) is 5.87. The molecule has 16 heavy (non-hydrogen) atoms. The highest BCUT2D eigenvalue weighted by atomic mass is 33.1. The van der Waals surface area contributed by atoms with E-state index in [1.54, 1.807) is 34.7 Å². The first-order chi connectivity index (χ1) is 7.70. The summed E-state index contributed by atoms with van der Waals surface area (Å²) in [6, 6.07) is 5.82. The normalized spacial score (nSPS) is 9.19. The van der Waals surface area contributed by atoms with Gasteiger partial charge >= 0.3 is 0 Å². The van der Waals surface area contributed by atoms with E-state index < -0.39 is 0 Å². The Hall–Kier alpha value is -0.480. The Morgan fingerprint density at radius 3 is 2.56 bits per heavy atom. The second-order valence-electron chi connectivity index (χ2n) is 3.23. The maximum Gasteiger partial charge on any atom is 0.130 e. The fourth-order valence-corrected chi connectivity index (χ4v) is 2.65. The van der Waals surface area contributed by atoms with Crippen molar-refractivity contribution in [2.24, 2.45) is 0 Å². The minimum atomic E-state index is 0.245. The van der Waals surface area contributed by atoms with Gasteiger partial charge in [-0.25, -0.2) is 4.98 Å². The van der Waals surface area contributed by atoms with Gasteiger partial charge in [0.15, 0.2) is 0 Å². The quantitative estimate of drug-likeness (QED) is 0.583. The van der Waals surface area contributed by atoms with Crippen LogP contribution in [-0.4, -0.2) is 16.5 Å². The first kappa shape index (κ1) is 15.5. The number of aromatic nitrogens is 1. The number of carbonyl (C=O) groups is 1. The molecule has 1 aromatic rings. The molecule has 0 bridgehead atoms. The maximum absolute atomic E-state index is 10.6. The number of nitrogens with zero attached hydrogens (tertiary/aromatic N) is 1. The van der Waals surface area contributed by atoms with Crippen molar-refractivity contribution in [3.63, 3.8) is 0 Å². The number of carbonyl (C=O) groups excluding carboxylic acids is 1. The second-order valence-corrected chi connectivity index (χ2v) is 5.67. The summed E-state index contributed by atoms with van der Waals surface area (Å²) < 4.78 is 0. The van der Waals surface area contributed by atoms with Gasteiger partial charge in [-0.1, -0.05) is 37.1 Å².